The molecule has 0 saturated carbocycles. The minimum Gasteiger partial charge on any atom is -0.319 e. The second kappa shape index (κ2) is 6.40. The van der Waals surface area contributed by atoms with Gasteiger partial charge in [-0.1, -0.05) is 18.2 Å². The molecule has 0 unspecified atom stereocenters. The number of aromatic amines is 1. The van der Waals surface area contributed by atoms with Gasteiger partial charge in [0.05, 0.1) is 11.4 Å². The molecule has 3 aromatic rings. The Hall–Kier alpha value is -3.35. The molecule has 3 rings (SSSR count). The van der Waals surface area contributed by atoms with Crippen molar-refractivity contribution < 1.29 is 4.79 Å². The summed E-state index contributed by atoms with van der Waals surface area (Å²) in [5.74, 6) is -0.191. The van der Waals surface area contributed by atoms with Crippen LogP contribution in [0.3, 0.4) is 0 Å². The molecule has 0 bridgehead atoms. The van der Waals surface area contributed by atoms with Gasteiger partial charge in [0.2, 0.25) is 5.82 Å². The SMILES string of the molecule is O=C(Nc1ccc(N=Nc2ccccc2)cc1)c1ncn[nH]1. The van der Waals surface area contributed by atoms with Gasteiger partial charge in [-0.25, -0.2) is 4.98 Å². The Balaban J connectivity index is 1.65. The fourth-order valence-corrected chi connectivity index (χ4v) is 1.73. The molecule has 7 nitrogen and oxygen atoms in total. The van der Waals surface area contributed by atoms with E-state index in [1.54, 1.807) is 24.3 Å². The van der Waals surface area contributed by atoms with E-state index < -0.39 is 0 Å². The van der Waals surface area contributed by atoms with Crippen LogP contribution in [0.5, 0.6) is 0 Å². The van der Waals surface area contributed by atoms with E-state index in [-0.39, 0.29) is 11.7 Å². The zero-order valence-electron chi connectivity index (χ0n) is 11.5. The predicted molar refractivity (Wildman–Crippen MR) is 81.4 cm³/mol. The largest absolute Gasteiger partial charge is 0.319 e. The normalized spacial score (nSPS) is 10.7. The zero-order valence-corrected chi connectivity index (χ0v) is 11.5. The van der Waals surface area contributed by atoms with Crippen molar-refractivity contribution in [1.29, 1.82) is 0 Å². The van der Waals surface area contributed by atoms with Crippen molar-refractivity contribution in [2.24, 2.45) is 10.2 Å². The van der Waals surface area contributed by atoms with Crippen molar-refractivity contribution in [2.45, 2.75) is 0 Å². The quantitative estimate of drug-likeness (QED) is 0.720. The molecule has 0 fully saturated rings. The van der Waals surface area contributed by atoms with Crippen molar-refractivity contribution in [3.8, 4) is 0 Å². The fraction of sp³-hybridized carbons (Fsp3) is 0. The van der Waals surface area contributed by atoms with Crippen LogP contribution < -0.4 is 5.32 Å². The van der Waals surface area contributed by atoms with E-state index in [9.17, 15) is 4.79 Å². The molecule has 2 N–H and O–H groups in total. The Kier molecular flexibility index (Phi) is 3.96. The van der Waals surface area contributed by atoms with Crippen molar-refractivity contribution in [3.05, 3.63) is 66.7 Å². The molecule has 1 amide bonds. The summed E-state index contributed by atoms with van der Waals surface area (Å²) < 4.78 is 0. The molecule has 1 heterocycles. The maximum Gasteiger partial charge on any atom is 0.292 e. The molecule has 0 spiro atoms. The highest BCUT2D eigenvalue weighted by Gasteiger charge is 2.08. The highest BCUT2D eigenvalue weighted by Crippen LogP contribution is 2.20. The number of H-pyrrole nitrogens is 1. The lowest BCUT2D eigenvalue weighted by molar-refractivity contribution is 0.101. The summed E-state index contributed by atoms with van der Waals surface area (Å²) in [7, 11) is 0. The van der Waals surface area contributed by atoms with Crippen molar-refractivity contribution >= 4 is 23.0 Å². The third kappa shape index (κ3) is 3.40. The Bertz CT molecular complexity index is 766. The minimum absolute atomic E-state index is 0.160. The van der Waals surface area contributed by atoms with Crippen LogP contribution in [-0.2, 0) is 0 Å². The zero-order chi connectivity index (χ0) is 15.2. The van der Waals surface area contributed by atoms with Gasteiger partial charge in [0.1, 0.15) is 6.33 Å². The third-order valence-corrected chi connectivity index (χ3v) is 2.79. The van der Waals surface area contributed by atoms with Crippen LogP contribution in [-0.4, -0.2) is 21.1 Å². The Labute approximate surface area is 126 Å². The van der Waals surface area contributed by atoms with Gasteiger partial charge in [0, 0.05) is 5.69 Å². The number of hydrogen-bond donors (Lipinski definition) is 2. The third-order valence-electron chi connectivity index (χ3n) is 2.79. The average molecular weight is 292 g/mol. The van der Waals surface area contributed by atoms with Crippen molar-refractivity contribution in [3.63, 3.8) is 0 Å². The van der Waals surface area contributed by atoms with Crippen LogP contribution >= 0.6 is 0 Å². The topological polar surface area (TPSA) is 95.4 Å². The maximum atomic E-state index is 11.8. The van der Waals surface area contributed by atoms with Crippen LogP contribution in [0, 0.1) is 0 Å². The van der Waals surface area contributed by atoms with Gasteiger partial charge in [-0.3, -0.25) is 9.89 Å². The lowest BCUT2D eigenvalue weighted by Gasteiger charge is -2.02. The molecule has 0 atom stereocenters. The van der Waals surface area contributed by atoms with E-state index in [0.717, 1.165) is 5.69 Å². The Morgan fingerprint density at radius 2 is 1.64 bits per heavy atom. The number of hydrogen-bond acceptors (Lipinski definition) is 5. The molecule has 22 heavy (non-hydrogen) atoms. The summed E-state index contributed by atoms with van der Waals surface area (Å²) in [6.45, 7) is 0. The van der Waals surface area contributed by atoms with Crippen LogP contribution in [0.15, 0.2) is 71.2 Å². The van der Waals surface area contributed by atoms with E-state index in [1.165, 1.54) is 6.33 Å². The number of anilines is 1. The number of aromatic nitrogens is 3. The van der Waals surface area contributed by atoms with Gasteiger partial charge in [0.25, 0.3) is 5.91 Å². The summed E-state index contributed by atoms with van der Waals surface area (Å²) in [6.07, 6.45) is 1.28. The van der Waals surface area contributed by atoms with Gasteiger partial charge in [0.15, 0.2) is 0 Å². The van der Waals surface area contributed by atoms with Gasteiger partial charge in [-0.15, -0.1) is 0 Å². The van der Waals surface area contributed by atoms with E-state index >= 15 is 0 Å². The fourth-order valence-electron chi connectivity index (χ4n) is 1.73. The van der Waals surface area contributed by atoms with Crippen LogP contribution in [0.25, 0.3) is 0 Å². The number of rotatable bonds is 4. The Morgan fingerprint density at radius 3 is 2.27 bits per heavy atom. The van der Waals surface area contributed by atoms with Gasteiger partial charge < -0.3 is 5.32 Å². The monoisotopic (exact) mass is 292 g/mol. The first-order chi connectivity index (χ1) is 10.8. The van der Waals surface area contributed by atoms with Gasteiger partial charge >= 0.3 is 0 Å². The predicted octanol–water partition coefficient (Wildman–Crippen LogP) is 3.47. The molecule has 1 aromatic heterocycles. The second-order valence-electron chi connectivity index (χ2n) is 4.37. The molecule has 7 heteroatoms. The van der Waals surface area contributed by atoms with Crippen LogP contribution in [0.1, 0.15) is 10.6 Å². The van der Waals surface area contributed by atoms with Crippen LogP contribution in [0.2, 0.25) is 0 Å². The van der Waals surface area contributed by atoms with Crippen LogP contribution in [0.4, 0.5) is 17.1 Å². The van der Waals surface area contributed by atoms with Gasteiger partial charge in [-0.2, -0.15) is 15.3 Å². The lowest BCUT2D eigenvalue weighted by Crippen LogP contribution is -2.13. The number of nitrogens with zero attached hydrogens (tertiary/aromatic N) is 4. The average Bonchev–Trinajstić information content (AvgIpc) is 3.10. The highest BCUT2D eigenvalue weighted by atomic mass is 16.2. The van der Waals surface area contributed by atoms with E-state index in [1.807, 2.05) is 30.3 Å². The number of nitrogens with one attached hydrogen (secondary N) is 2. The summed E-state index contributed by atoms with van der Waals surface area (Å²) in [4.78, 5) is 15.6. The van der Waals surface area contributed by atoms with E-state index in [0.29, 0.717) is 11.4 Å². The first-order valence-corrected chi connectivity index (χ1v) is 6.55. The molecule has 0 saturated heterocycles. The summed E-state index contributed by atoms with van der Waals surface area (Å²) in [5.41, 5.74) is 2.12. The molecule has 0 aliphatic carbocycles. The van der Waals surface area contributed by atoms with Crippen molar-refractivity contribution in [1.82, 2.24) is 15.2 Å². The first-order valence-electron chi connectivity index (χ1n) is 6.55. The molecular formula is C15H12N6O. The summed E-state index contributed by atoms with van der Waals surface area (Å²) >= 11 is 0. The standard InChI is InChI=1S/C15H12N6O/c22-15(14-16-10-17-21-14)18-11-6-8-13(9-7-11)20-19-12-4-2-1-3-5-12/h1-10H,(H,18,22)(H,16,17,21). The second-order valence-corrected chi connectivity index (χ2v) is 4.37. The number of carbonyl (C=O) groups excluding carboxylic acids is 1. The first kappa shape index (κ1) is 13.6. The van der Waals surface area contributed by atoms with Crippen molar-refractivity contribution in [2.75, 3.05) is 5.32 Å². The molecule has 2 aromatic carbocycles. The minimum atomic E-state index is -0.351. The smallest absolute Gasteiger partial charge is 0.292 e. The molecule has 0 aliphatic rings. The van der Waals surface area contributed by atoms with E-state index in [4.69, 9.17) is 0 Å². The molecular weight excluding hydrogens is 280 g/mol. The number of amides is 1. The number of benzene rings is 2. The maximum absolute atomic E-state index is 11.8. The highest BCUT2D eigenvalue weighted by molar-refractivity contribution is 6.01. The van der Waals surface area contributed by atoms with E-state index in [2.05, 4.69) is 30.7 Å². The van der Waals surface area contributed by atoms with Gasteiger partial charge in [-0.05, 0) is 36.4 Å². The Morgan fingerprint density at radius 1 is 0.955 bits per heavy atom. The molecule has 0 radical (unpaired) electrons. The molecule has 108 valence electrons. The lowest BCUT2D eigenvalue weighted by atomic mass is 10.3. The molecule has 0 aliphatic heterocycles. The summed E-state index contributed by atoms with van der Waals surface area (Å²) in [6, 6.07) is 16.5. The number of azo groups is 1. The number of carbonyl (C=O) groups is 1. The summed E-state index contributed by atoms with van der Waals surface area (Å²) in [5, 5.41) is 17.1.